The van der Waals surface area contributed by atoms with Gasteiger partial charge in [0.25, 0.3) is 11.8 Å². The molecular formula is C23H19N3O2. The number of nitriles is 1. The molecule has 0 radical (unpaired) electrons. The summed E-state index contributed by atoms with van der Waals surface area (Å²) in [6, 6.07) is 25.2. The van der Waals surface area contributed by atoms with Gasteiger partial charge in [-0.05, 0) is 48.4 Å². The van der Waals surface area contributed by atoms with Crippen LogP contribution in [0.2, 0.25) is 0 Å². The highest BCUT2D eigenvalue weighted by Crippen LogP contribution is 2.15. The molecule has 0 aromatic heterocycles. The number of nitrogens with zero attached hydrogens (tertiary/aromatic N) is 1. The number of amides is 2. The first kappa shape index (κ1) is 18.9. The second-order valence-corrected chi connectivity index (χ2v) is 6.18. The molecule has 0 saturated heterocycles. The first-order valence-corrected chi connectivity index (χ1v) is 8.90. The molecule has 3 aromatic carbocycles. The van der Waals surface area contributed by atoms with Gasteiger partial charge >= 0.3 is 0 Å². The number of benzene rings is 3. The number of anilines is 1. The highest BCUT2D eigenvalue weighted by Gasteiger charge is 2.10. The minimum atomic E-state index is -0.335. The van der Waals surface area contributed by atoms with E-state index in [-0.39, 0.29) is 11.8 Å². The summed E-state index contributed by atoms with van der Waals surface area (Å²) in [6.07, 6.45) is 0.755. The van der Waals surface area contributed by atoms with Crippen molar-refractivity contribution in [3.8, 4) is 6.07 Å². The Morgan fingerprint density at radius 2 is 1.39 bits per heavy atom. The minimum Gasteiger partial charge on any atom is -0.352 e. The molecule has 5 heteroatoms. The molecule has 0 saturated carbocycles. The fraction of sp³-hybridized carbons (Fsp3) is 0.0870. The first-order valence-electron chi connectivity index (χ1n) is 8.90. The molecule has 2 N–H and O–H groups in total. The zero-order valence-corrected chi connectivity index (χ0v) is 15.2. The standard InChI is InChI=1S/C23H19N3O2/c24-16-20-8-4-5-9-21(20)26-23(28)19-12-10-18(11-13-19)22(27)25-15-14-17-6-2-1-3-7-17/h1-13H,14-15H2,(H,25,27)(H,26,28). The zero-order chi connectivity index (χ0) is 19.8. The molecule has 5 nitrogen and oxygen atoms in total. The molecule has 138 valence electrons. The van der Waals surface area contributed by atoms with E-state index in [4.69, 9.17) is 5.26 Å². The lowest BCUT2D eigenvalue weighted by atomic mass is 10.1. The summed E-state index contributed by atoms with van der Waals surface area (Å²) in [5.41, 5.74) is 2.91. The first-order chi connectivity index (χ1) is 13.7. The number of carbonyl (C=O) groups excluding carboxylic acids is 2. The fourth-order valence-corrected chi connectivity index (χ4v) is 2.72. The van der Waals surface area contributed by atoms with Gasteiger partial charge in [-0.1, -0.05) is 42.5 Å². The van der Waals surface area contributed by atoms with Crippen molar-refractivity contribution in [2.45, 2.75) is 6.42 Å². The molecule has 0 aliphatic carbocycles. The molecule has 0 heterocycles. The van der Waals surface area contributed by atoms with Crippen molar-refractivity contribution in [1.29, 1.82) is 5.26 Å². The van der Waals surface area contributed by atoms with Crippen molar-refractivity contribution in [3.05, 3.63) is 101 Å². The second-order valence-electron chi connectivity index (χ2n) is 6.18. The maximum Gasteiger partial charge on any atom is 0.255 e. The Morgan fingerprint density at radius 1 is 0.786 bits per heavy atom. The zero-order valence-electron chi connectivity index (χ0n) is 15.2. The van der Waals surface area contributed by atoms with Crippen molar-refractivity contribution in [2.75, 3.05) is 11.9 Å². The molecule has 0 aliphatic heterocycles. The molecule has 0 bridgehead atoms. The molecule has 3 aromatic rings. The van der Waals surface area contributed by atoms with Crippen molar-refractivity contribution < 1.29 is 9.59 Å². The van der Waals surface area contributed by atoms with E-state index in [2.05, 4.69) is 10.6 Å². The van der Waals surface area contributed by atoms with Crippen LogP contribution in [0.15, 0.2) is 78.9 Å². The number of para-hydroxylation sites is 1. The summed E-state index contributed by atoms with van der Waals surface area (Å²) >= 11 is 0. The largest absolute Gasteiger partial charge is 0.352 e. The number of hydrogen-bond acceptors (Lipinski definition) is 3. The third-order valence-electron chi connectivity index (χ3n) is 4.25. The Morgan fingerprint density at radius 3 is 2.07 bits per heavy atom. The van der Waals surface area contributed by atoms with Crippen molar-refractivity contribution in [2.24, 2.45) is 0 Å². The van der Waals surface area contributed by atoms with Crippen LogP contribution in [0.4, 0.5) is 5.69 Å². The molecule has 0 spiro atoms. The van der Waals surface area contributed by atoms with Crippen LogP contribution in [0.1, 0.15) is 31.8 Å². The van der Waals surface area contributed by atoms with Gasteiger partial charge in [0, 0.05) is 17.7 Å². The quantitative estimate of drug-likeness (QED) is 0.694. The molecule has 2 amide bonds. The van der Waals surface area contributed by atoms with Gasteiger partial charge < -0.3 is 10.6 Å². The van der Waals surface area contributed by atoms with Crippen LogP contribution >= 0.6 is 0 Å². The van der Waals surface area contributed by atoms with Crippen LogP contribution < -0.4 is 10.6 Å². The van der Waals surface area contributed by atoms with Gasteiger partial charge in [-0.2, -0.15) is 5.26 Å². The van der Waals surface area contributed by atoms with Gasteiger partial charge in [-0.3, -0.25) is 9.59 Å². The van der Waals surface area contributed by atoms with Gasteiger partial charge in [-0.25, -0.2) is 0 Å². The molecule has 3 rings (SSSR count). The molecule has 0 unspecified atom stereocenters. The van der Waals surface area contributed by atoms with Crippen LogP contribution in [-0.2, 0) is 6.42 Å². The Kier molecular flexibility index (Phi) is 6.17. The smallest absolute Gasteiger partial charge is 0.255 e. The third-order valence-corrected chi connectivity index (χ3v) is 4.25. The molecule has 28 heavy (non-hydrogen) atoms. The van der Waals surface area contributed by atoms with E-state index in [0.29, 0.717) is 28.9 Å². The summed E-state index contributed by atoms with van der Waals surface area (Å²) < 4.78 is 0. The summed E-state index contributed by atoms with van der Waals surface area (Å²) in [5.74, 6) is -0.517. The normalized spacial score (nSPS) is 9.96. The SMILES string of the molecule is N#Cc1ccccc1NC(=O)c1ccc(C(=O)NCCc2ccccc2)cc1. The summed E-state index contributed by atoms with van der Waals surface area (Å²) in [7, 11) is 0. The summed E-state index contributed by atoms with van der Waals surface area (Å²) in [5, 5.41) is 14.7. The Labute approximate surface area is 163 Å². The van der Waals surface area contributed by atoms with E-state index >= 15 is 0 Å². The lowest BCUT2D eigenvalue weighted by molar-refractivity contribution is 0.0952. The van der Waals surface area contributed by atoms with Crippen LogP contribution in [0.3, 0.4) is 0 Å². The van der Waals surface area contributed by atoms with Gasteiger partial charge in [0.05, 0.1) is 11.3 Å². The monoisotopic (exact) mass is 369 g/mol. The average Bonchev–Trinajstić information content (AvgIpc) is 2.75. The lowest BCUT2D eigenvalue weighted by Gasteiger charge is -2.08. The predicted octanol–water partition coefficient (Wildman–Crippen LogP) is 3.78. The van der Waals surface area contributed by atoms with E-state index < -0.39 is 0 Å². The Balaban J connectivity index is 1.57. The summed E-state index contributed by atoms with van der Waals surface area (Å²) in [4.78, 5) is 24.6. The van der Waals surface area contributed by atoms with E-state index in [1.54, 1.807) is 48.5 Å². The van der Waals surface area contributed by atoms with Crippen LogP contribution in [0.5, 0.6) is 0 Å². The van der Waals surface area contributed by atoms with E-state index in [1.807, 2.05) is 36.4 Å². The van der Waals surface area contributed by atoms with Crippen LogP contribution in [-0.4, -0.2) is 18.4 Å². The maximum absolute atomic E-state index is 12.4. The minimum absolute atomic E-state index is 0.183. The Bertz CT molecular complexity index is 1010. The topological polar surface area (TPSA) is 82.0 Å². The van der Waals surface area contributed by atoms with Crippen molar-refractivity contribution in [3.63, 3.8) is 0 Å². The lowest BCUT2D eigenvalue weighted by Crippen LogP contribution is -2.25. The Hall–Kier alpha value is -3.91. The van der Waals surface area contributed by atoms with Crippen LogP contribution in [0.25, 0.3) is 0 Å². The van der Waals surface area contributed by atoms with E-state index in [1.165, 1.54) is 0 Å². The van der Waals surface area contributed by atoms with Gasteiger partial charge in [-0.15, -0.1) is 0 Å². The van der Waals surface area contributed by atoms with Crippen LogP contribution in [0, 0.1) is 11.3 Å². The van der Waals surface area contributed by atoms with Crippen molar-refractivity contribution in [1.82, 2.24) is 5.32 Å². The highest BCUT2D eigenvalue weighted by atomic mass is 16.2. The third kappa shape index (κ3) is 4.83. The highest BCUT2D eigenvalue weighted by molar-refractivity contribution is 6.05. The van der Waals surface area contributed by atoms with Gasteiger partial charge in [0.15, 0.2) is 0 Å². The van der Waals surface area contributed by atoms with Crippen molar-refractivity contribution >= 4 is 17.5 Å². The molecular weight excluding hydrogens is 350 g/mol. The molecule has 0 fully saturated rings. The second kappa shape index (κ2) is 9.15. The van der Waals surface area contributed by atoms with Gasteiger partial charge in [0.1, 0.15) is 6.07 Å². The number of nitrogens with one attached hydrogen (secondary N) is 2. The average molecular weight is 369 g/mol. The molecule has 0 aliphatic rings. The predicted molar refractivity (Wildman–Crippen MR) is 108 cm³/mol. The van der Waals surface area contributed by atoms with Gasteiger partial charge in [0.2, 0.25) is 0 Å². The number of hydrogen-bond donors (Lipinski definition) is 2. The number of carbonyl (C=O) groups is 2. The van der Waals surface area contributed by atoms with E-state index in [0.717, 1.165) is 12.0 Å². The van der Waals surface area contributed by atoms with E-state index in [9.17, 15) is 9.59 Å². The molecule has 0 atom stereocenters. The fourth-order valence-electron chi connectivity index (χ4n) is 2.72. The number of rotatable bonds is 6. The maximum atomic E-state index is 12.4. The summed E-state index contributed by atoms with van der Waals surface area (Å²) in [6.45, 7) is 0.538.